The van der Waals surface area contributed by atoms with Gasteiger partial charge in [-0.3, -0.25) is 9.78 Å². The lowest BCUT2D eigenvalue weighted by molar-refractivity contribution is 0.0228. The Morgan fingerprint density at radius 1 is 1.30 bits per heavy atom. The molecule has 0 aliphatic heterocycles. The summed E-state index contributed by atoms with van der Waals surface area (Å²) in [7, 11) is 1.51. The summed E-state index contributed by atoms with van der Waals surface area (Å²) in [6, 6.07) is 8.65. The molecule has 1 amide bonds. The van der Waals surface area contributed by atoms with Crippen LogP contribution in [0.3, 0.4) is 0 Å². The van der Waals surface area contributed by atoms with Crippen molar-refractivity contribution in [1.82, 2.24) is 15.3 Å². The minimum absolute atomic E-state index is 0.188. The van der Waals surface area contributed by atoms with Gasteiger partial charge in [-0.15, -0.1) is 0 Å². The molecule has 1 aliphatic carbocycles. The maximum absolute atomic E-state index is 12.5. The third-order valence-electron chi connectivity index (χ3n) is 4.12. The van der Waals surface area contributed by atoms with E-state index in [9.17, 15) is 9.90 Å². The van der Waals surface area contributed by atoms with Gasteiger partial charge in [0.25, 0.3) is 5.91 Å². The van der Waals surface area contributed by atoms with Crippen molar-refractivity contribution in [2.45, 2.75) is 25.0 Å². The van der Waals surface area contributed by atoms with E-state index in [-0.39, 0.29) is 24.0 Å². The molecule has 2 aromatic rings. The Bertz CT molecular complexity index is 672. The van der Waals surface area contributed by atoms with Crippen LogP contribution in [0, 0.1) is 5.92 Å². The predicted octanol–water partition coefficient (Wildman–Crippen LogP) is 1.73. The van der Waals surface area contributed by atoms with Crippen LogP contribution in [0.5, 0.6) is 5.88 Å². The van der Waals surface area contributed by atoms with Crippen molar-refractivity contribution in [3.05, 3.63) is 54.0 Å². The maximum Gasteiger partial charge on any atom is 0.252 e. The molecule has 0 saturated heterocycles. The van der Waals surface area contributed by atoms with Crippen LogP contribution in [-0.2, 0) is 0 Å². The molecule has 1 saturated carbocycles. The van der Waals surface area contributed by atoms with E-state index in [1.54, 1.807) is 18.3 Å². The number of carbonyl (C=O) groups is 1. The van der Waals surface area contributed by atoms with Crippen molar-refractivity contribution in [2.75, 3.05) is 7.11 Å². The van der Waals surface area contributed by atoms with Crippen molar-refractivity contribution in [2.24, 2.45) is 5.92 Å². The summed E-state index contributed by atoms with van der Waals surface area (Å²) in [6.07, 6.45) is 4.29. The zero-order valence-corrected chi connectivity index (χ0v) is 12.8. The van der Waals surface area contributed by atoms with E-state index in [0.29, 0.717) is 24.3 Å². The van der Waals surface area contributed by atoms with Gasteiger partial charge < -0.3 is 15.2 Å². The largest absolute Gasteiger partial charge is 0.481 e. The molecule has 6 heteroatoms. The van der Waals surface area contributed by atoms with E-state index in [1.165, 1.54) is 13.3 Å². The van der Waals surface area contributed by atoms with Gasteiger partial charge in [0, 0.05) is 24.0 Å². The number of hydrogen-bond donors (Lipinski definition) is 2. The summed E-state index contributed by atoms with van der Waals surface area (Å²) in [4.78, 5) is 20.9. The van der Waals surface area contributed by atoms with E-state index in [1.807, 2.05) is 18.2 Å². The first-order valence-corrected chi connectivity index (χ1v) is 7.57. The molecular weight excluding hydrogens is 294 g/mol. The third-order valence-corrected chi connectivity index (χ3v) is 4.12. The zero-order chi connectivity index (χ0) is 16.2. The first kappa shape index (κ1) is 15.4. The lowest BCUT2D eigenvalue weighted by atomic mass is 9.76. The number of aliphatic hydroxyl groups is 1. The number of aliphatic hydroxyl groups excluding tert-OH is 1. The van der Waals surface area contributed by atoms with Crippen LogP contribution in [0.1, 0.15) is 34.9 Å². The number of methoxy groups -OCH3 is 1. The number of amides is 1. The Kier molecular flexibility index (Phi) is 4.52. The molecule has 2 heterocycles. The molecule has 0 radical (unpaired) electrons. The molecule has 23 heavy (non-hydrogen) atoms. The van der Waals surface area contributed by atoms with Crippen LogP contribution in [0.2, 0.25) is 0 Å². The highest BCUT2D eigenvalue weighted by Gasteiger charge is 2.36. The Hall–Kier alpha value is -2.47. The summed E-state index contributed by atoms with van der Waals surface area (Å²) < 4.78 is 5.05. The smallest absolute Gasteiger partial charge is 0.252 e. The molecule has 1 atom stereocenters. The van der Waals surface area contributed by atoms with Gasteiger partial charge >= 0.3 is 0 Å². The van der Waals surface area contributed by atoms with Gasteiger partial charge in [0.1, 0.15) is 0 Å². The molecule has 2 aromatic heterocycles. The van der Waals surface area contributed by atoms with Crippen LogP contribution in [0.4, 0.5) is 0 Å². The SMILES string of the molecule is COc1cc(C(=O)N[C@H](c2ccccn2)C2CC(O)C2)ccn1. The van der Waals surface area contributed by atoms with E-state index in [4.69, 9.17) is 4.74 Å². The summed E-state index contributed by atoms with van der Waals surface area (Å²) in [5, 5.41) is 12.6. The number of hydrogen-bond acceptors (Lipinski definition) is 5. The molecule has 0 aromatic carbocycles. The highest BCUT2D eigenvalue weighted by Crippen LogP contribution is 2.37. The van der Waals surface area contributed by atoms with Crippen molar-refractivity contribution in [3.8, 4) is 5.88 Å². The molecule has 0 spiro atoms. The normalized spacial score (nSPS) is 21.1. The first-order valence-electron chi connectivity index (χ1n) is 7.57. The predicted molar refractivity (Wildman–Crippen MR) is 84.0 cm³/mol. The molecule has 3 rings (SSSR count). The fraction of sp³-hybridized carbons (Fsp3) is 0.353. The monoisotopic (exact) mass is 313 g/mol. The molecule has 2 N–H and O–H groups in total. The lowest BCUT2D eigenvalue weighted by Gasteiger charge is -2.37. The standard InChI is InChI=1S/C17H19N3O3/c1-23-15-10-11(5-7-19-15)17(22)20-16(12-8-13(21)9-12)14-4-2-3-6-18-14/h2-7,10,12-13,16,21H,8-9H2,1H3,(H,20,22)/t12?,13?,16-/m0/s1. The number of carbonyl (C=O) groups excluding carboxylic acids is 1. The van der Waals surface area contributed by atoms with E-state index >= 15 is 0 Å². The minimum atomic E-state index is -0.288. The Morgan fingerprint density at radius 2 is 2.13 bits per heavy atom. The van der Waals surface area contributed by atoms with Gasteiger partial charge in [-0.2, -0.15) is 0 Å². The number of aromatic nitrogens is 2. The summed E-state index contributed by atoms with van der Waals surface area (Å²) >= 11 is 0. The van der Waals surface area contributed by atoms with Gasteiger partial charge in [-0.1, -0.05) is 6.07 Å². The van der Waals surface area contributed by atoms with Gasteiger partial charge in [-0.05, 0) is 37.0 Å². The van der Waals surface area contributed by atoms with Crippen molar-refractivity contribution < 1.29 is 14.6 Å². The number of pyridine rings is 2. The van der Waals surface area contributed by atoms with Gasteiger partial charge in [0.15, 0.2) is 0 Å². The minimum Gasteiger partial charge on any atom is -0.481 e. The van der Waals surface area contributed by atoms with E-state index in [2.05, 4.69) is 15.3 Å². The zero-order valence-electron chi connectivity index (χ0n) is 12.8. The number of rotatable bonds is 5. The topological polar surface area (TPSA) is 84.3 Å². The molecule has 120 valence electrons. The second kappa shape index (κ2) is 6.75. The lowest BCUT2D eigenvalue weighted by Crippen LogP contribution is -2.41. The summed E-state index contributed by atoms with van der Waals surface area (Å²) in [5.41, 5.74) is 1.29. The van der Waals surface area contributed by atoms with E-state index in [0.717, 1.165) is 5.69 Å². The second-order valence-corrected chi connectivity index (χ2v) is 5.68. The van der Waals surface area contributed by atoms with Gasteiger partial charge in [0.2, 0.25) is 5.88 Å². The molecule has 6 nitrogen and oxygen atoms in total. The Labute approximate surface area is 134 Å². The van der Waals surface area contributed by atoms with Crippen LogP contribution < -0.4 is 10.1 Å². The van der Waals surface area contributed by atoms with Crippen LogP contribution in [0.15, 0.2) is 42.7 Å². The average molecular weight is 313 g/mol. The van der Waals surface area contributed by atoms with Crippen LogP contribution in [0.25, 0.3) is 0 Å². The molecule has 1 fully saturated rings. The quantitative estimate of drug-likeness (QED) is 0.878. The summed E-state index contributed by atoms with van der Waals surface area (Å²) in [5.74, 6) is 0.376. The van der Waals surface area contributed by atoms with E-state index < -0.39 is 0 Å². The summed E-state index contributed by atoms with van der Waals surface area (Å²) in [6.45, 7) is 0. The van der Waals surface area contributed by atoms with Crippen LogP contribution >= 0.6 is 0 Å². The fourth-order valence-electron chi connectivity index (χ4n) is 2.78. The molecule has 1 aliphatic rings. The Morgan fingerprint density at radius 3 is 2.78 bits per heavy atom. The number of nitrogens with zero attached hydrogens (tertiary/aromatic N) is 2. The highest BCUT2D eigenvalue weighted by atomic mass is 16.5. The number of ether oxygens (including phenoxy) is 1. The molecule has 0 bridgehead atoms. The third kappa shape index (κ3) is 3.48. The highest BCUT2D eigenvalue weighted by molar-refractivity contribution is 5.94. The Balaban J connectivity index is 1.79. The fourth-order valence-corrected chi connectivity index (χ4v) is 2.78. The van der Waals surface area contributed by atoms with Gasteiger partial charge in [0.05, 0.1) is 24.9 Å². The molecular formula is C17H19N3O3. The average Bonchev–Trinajstić information content (AvgIpc) is 2.58. The number of nitrogens with one attached hydrogen (secondary N) is 1. The van der Waals surface area contributed by atoms with Crippen LogP contribution in [-0.4, -0.2) is 34.2 Å². The maximum atomic E-state index is 12.5. The van der Waals surface area contributed by atoms with Crippen molar-refractivity contribution in [3.63, 3.8) is 0 Å². The van der Waals surface area contributed by atoms with Gasteiger partial charge in [-0.25, -0.2) is 4.98 Å². The van der Waals surface area contributed by atoms with Crippen molar-refractivity contribution >= 4 is 5.91 Å². The second-order valence-electron chi connectivity index (χ2n) is 5.68. The molecule has 0 unspecified atom stereocenters. The first-order chi connectivity index (χ1) is 11.2. The van der Waals surface area contributed by atoms with Crippen molar-refractivity contribution in [1.29, 1.82) is 0 Å².